The third kappa shape index (κ3) is 14.8. The van der Waals surface area contributed by atoms with Crippen LogP contribution in [-0.2, 0) is 9.84 Å². The quantitative estimate of drug-likeness (QED) is 0.0857. The van der Waals surface area contributed by atoms with Gasteiger partial charge in [-0.05, 0) is 75.6 Å². The van der Waals surface area contributed by atoms with Crippen LogP contribution in [0.5, 0.6) is 0 Å². The zero-order chi connectivity index (χ0) is 34.3. The third-order valence-corrected chi connectivity index (χ3v) is 10.6. The first-order chi connectivity index (χ1) is 22.1. The molecule has 0 atom stereocenters. The van der Waals surface area contributed by atoms with E-state index >= 15 is 0 Å². The molecule has 0 bridgehead atoms. The van der Waals surface area contributed by atoms with Crippen LogP contribution in [0.15, 0.2) is 58.3 Å². The van der Waals surface area contributed by atoms with Crippen LogP contribution in [0.2, 0.25) is 0 Å². The van der Waals surface area contributed by atoms with Gasteiger partial charge in [0.1, 0.15) is 0 Å². The molecule has 2 rings (SSSR count). The minimum atomic E-state index is -4.25. The predicted molar refractivity (Wildman–Crippen MR) is 189 cm³/mol. The molecule has 0 heterocycles. The number of quaternary nitrogens is 1. The molecule has 8 heteroatoms. The molecule has 0 unspecified atom stereocenters. The lowest BCUT2D eigenvalue weighted by molar-refractivity contribution is -0.929. The van der Waals surface area contributed by atoms with Crippen molar-refractivity contribution in [1.29, 1.82) is 0 Å². The molecular formula is C38H62NO6S+. The zero-order valence-corrected chi connectivity index (χ0v) is 30.0. The van der Waals surface area contributed by atoms with Crippen molar-refractivity contribution in [3.8, 4) is 0 Å². The number of carboxylic acid groups (broad SMARTS) is 2. The first-order valence-electron chi connectivity index (χ1n) is 17.8. The molecule has 0 fully saturated rings. The van der Waals surface area contributed by atoms with Crippen LogP contribution in [0.3, 0.4) is 0 Å². The summed E-state index contributed by atoms with van der Waals surface area (Å²) in [5.41, 5.74) is -0.810. The number of benzene rings is 2. The number of unbranched alkanes of at least 4 members (excludes halogenated alkanes) is 12. The number of sulfone groups is 1. The predicted octanol–water partition coefficient (Wildman–Crippen LogP) is 10.0. The van der Waals surface area contributed by atoms with E-state index in [1.54, 1.807) is 0 Å². The molecule has 2 N–H and O–H groups in total. The van der Waals surface area contributed by atoms with E-state index in [-0.39, 0.29) is 0 Å². The normalized spacial score (nSPS) is 11.6. The number of hydrogen-bond acceptors (Lipinski definition) is 4. The fourth-order valence-corrected chi connectivity index (χ4v) is 7.68. The lowest BCUT2D eigenvalue weighted by Gasteiger charge is -2.39. The SMILES string of the molecule is CCCCCC[N+](CCCCCC)(CCCCCC)CCCCCC.O=C(O)c1ccccc1S(=O)(=O)c1ccccc1C(=O)O. The van der Waals surface area contributed by atoms with E-state index in [4.69, 9.17) is 10.2 Å². The van der Waals surface area contributed by atoms with E-state index in [0.717, 1.165) is 24.3 Å². The molecule has 0 amide bonds. The number of rotatable bonds is 24. The second-order valence-electron chi connectivity index (χ2n) is 12.6. The lowest BCUT2D eigenvalue weighted by Crippen LogP contribution is -2.50. The Balaban J connectivity index is 0.000000465. The Labute approximate surface area is 279 Å². The number of carbonyl (C=O) groups is 2. The van der Waals surface area contributed by atoms with Crippen LogP contribution < -0.4 is 0 Å². The van der Waals surface area contributed by atoms with Gasteiger partial charge >= 0.3 is 11.9 Å². The standard InChI is InChI=1S/C24H52N.C14H10O6S/c1-5-9-13-17-21-25(22-18-14-10-6-2,23-19-15-11-7-3)24-20-16-12-8-4;15-13(16)9-5-1-3-7-11(9)21(19,20)12-8-4-2-6-10(12)14(17)18/h5-24H2,1-4H3;1-8H,(H,15,16)(H,17,18)/q+1;. The molecule has 0 aromatic heterocycles. The number of aromatic carboxylic acids is 2. The molecule has 0 spiro atoms. The molecule has 0 aliphatic heterocycles. The summed E-state index contributed by atoms with van der Waals surface area (Å²) >= 11 is 0. The molecule has 2 aromatic rings. The Bertz CT molecular complexity index is 1130. The molecule has 0 radical (unpaired) electrons. The molecule has 0 saturated heterocycles. The molecule has 0 saturated carbocycles. The largest absolute Gasteiger partial charge is 0.478 e. The lowest BCUT2D eigenvalue weighted by atomic mass is 10.1. The van der Waals surface area contributed by atoms with Gasteiger partial charge in [-0.15, -0.1) is 0 Å². The molecule has 0 aliphatic carbocycles. The third-order valence-electron chi connectivity index (χ3n) is 8.76. The first kappa shape index (κ1) is 41.3. The Morgan fingerprint density at radius 3 is 1.04 bits per heavy atom. The number of carboxylic acids is 2. The van der Waals surface area contributed by atoms with Crippen LogP contribution in [-0.4, -0.2) is 61.2 Å². The molecule has 2 aromatic carbocycles. The van der Waals surface area contributed by atoms with Crippen molar-refractivity contribution in [2.75, 3.05) is 26.2 Å². The van der Waals surface area contributed by atoms with Gasteiger partial charge in [0.05, 0.1) is 47.1 Å². The summed E-state index contributed by atoms with van der Waals surface area (Å²) in [6.07, 6.45) is 22.8. The summed E-state index contributed by atoms with van der Waals surface area (Å²) in [5, 5.41) is 18.1. The summed E-state index contributed by atoms with van der Waals surface area (Å²) in [5.74, 6) is -2.80. The van der Waals surface area contributed by atoms with Crippen LogP contribution in [0.4, 0.5) is 0 Å². The highest BCUT2D eigenvalue weighted by Gasteiger charge is 2.28. The van der Waals surface area contributed by atoms with E-state index < -0.39 is 42.7 Å². The summed E-state index contributed by atoms with van der Waals surface area (Å²) in [7, 11) is -4.25. The second kappa shape index (κ2) is 23.6. The molecular weight excluding hydrogens is 598 g/mol. The minimum Gasteiger partial charge on any atom is -0.478 e. The van der Waals surface area contributed by atoms with Crippen molar-refractivity contribution in [2.24, 2.45) is 0 Å². The summed E-state index contributed by atoms with van der Waals surface area (Å²) in [6.45, 7) is 15.2. The summed E-state index contributed by atoms with van der Waals surface area (Å²) < 4.78 is 26.6. The Morgan fingerprint density at radius 1 is 0.500 bits per heavy atom. The highest BCUT2D eigenvalue weighted by molar-refractivity contribution is 7.91. The molecule has 260 valence electrons. The van der Waals surface area contributed by atoms with Crippen LogP contribution >= 0.6 is 0 Å². The van der Waals surface area contributed by atoms with Gasteiger partial charge < -0.3 is 14.7 Å². The van der Waals surface area contributed by atoms with Crippen molar-refractivity contribution in [3.05, 3.63) is 59.7 Å². The number of hydrogen-bond donors (Lipinski definition) is 2. The van der Waals surface area contributed by atoms with Crippen molar-refractivity contribution in [1.82, 2.24) is 0 Å². The maximum absolute atomic E-state index is 12.6. The van der Waals surface area contributed by atoms with Gasteiger partial charge in [-0.1, -0.05) is 103 Å². The highest BCUT2D eigenvalue weighted by Crippen LogP contribution is 2.27. The van der Waals surface area contributed by atoms with Crippen molar-refractivity contribution >= 4 is 21.8 Å². The van der Waals surface area contributed by atoms with Crippen molar-refractivity contribution in [2.45, 2.75) is 140 Å². The van der Waals surface area contributed by atoms with E-state index in [1.165, 1.54) is 158 Å². The summed E-state index contributed by atoms with van der Waals surface area (Å²) in [4.78, 5) is 21.4. The maximum Gasteiger partial charge on any atom is 0.337 e. The Morgan fingerprint density at radius 2 is 0.783 bits per heavy atom. The highest BCUT2D eigenvalue weighted by atomic mass is 32.2. The van der Waals surface area contributed by atoms with Gasteiger partial charge in [-0.3, -0.25) is 0 Å². The van der Waals surface area contributed by atoms with Gasteiger partial charge in [0, 0.05) is 0 Å². The van der Waals surface area contributed by atoms with Crippen molar-refractivity contribution in [3.63, 3.8) is 0 Å². The smallest absolute Gasteiger partial charge is 0.337 e. The van der Waals surface area contributed by atoms with Gasteiger partial charge in [-0.2, -0.15) is 0 Å². The van der Waals surface area contributed by atoms with Gasteiger partial charge in [-0.25, -0.2) is 18.0 Å². The van der Waals surface area contributed by atoms with E-state index in [1.807, 2.05) is 0 Å². The minimum absolute atomic E-state index is 0.405. The van der Waals surface area contributed by atoms with E-state index in [9.17, 15) is 18.0 Å². The topological polar surface area (TPSA) is 109 Å². The van der Waals surface area contributed by atoms with E-state index in [0.29, 0.717) is 0 Å². The first-order valence-corrected chi connectivity index (χ1v) is 19.3. The van der Waals surface area contributed by atoms with Crippen LogP contribution in [0, 0.1) is 0 Å². The maximum atomic E-state index is 12.6. The molecule has 46 heavy (non-hydrogen) atoms. The fraction of sp³-hybridized carbons (Fsp3) is 0.632. The molecule has 7 nitrogen and oxygen atoms in total. The average Bonchev–Trinajstić information content (AvgIpc) is 3.05. The zero-order valence-electron chi connectivity index (χ0n) is 29.1. The molecule has 0 aliphatic rings. The van der Waals surface area contributed by atoms with Gasteiger partial charge in [0.25, 0.3) is 0 Å². The Hall–Kier alpha value is -2.71. The Kier molecular flexibility index (Phi) is 21.2. The van der Waals surface area contributed by atoms with Crippen molar-refractivity contribution < 1.29 is 32.7 Å². The average molecular weight is 661 g/mol. The van der Waals surface area contributed by atoms with E-state index in [2.05, 4.69) is 27.7 Å². The van der Waals surface area contributed by atoms with Crippen LogP contribution in [0.1, 0.15) is 151 Å². The second-order valence-corrected chi connectivity index (χ2v) is 14.5. The number of nitrogens with zero attached hydrogens (tertiary/aromatic N) is 1. The summed E-state index contributed by atoms with van der Waals surface area (Å²) in [6, 6.07) is 10.1. The van der Waals surface area contributed by atoms with Crippen LogP contribution in [0.25, 0.3) is 0 Å². The van der Waals surface area contributed by atoms with Gasteiger partial charge in [0.15, 0.2) is 0 Å². The van der Waals surface area contributed by atoms with Gasteiger partial charge in [0.2, 0.25) is 9.84 Å². The monoisotopic (exact) mass is 660 g/mol. The fourth-order valence-electron chi connectivity index (χ4n) is 6.04.